The van der Waals surface area contributed by atoms with Crippen molar-refractivity contribution in [3.63, 3.8) is 0 Å². The average Bonchev–Trinajstić information content (AvgIpc) is 3.27. The Labute approximate surface area is 161 Å². The number of hydrogen-bond donors (Lipinski definition) is 2. The van der Waals surface area contributed by atoms with Crippen molar-refractivity contribution in [3.05, 3.63) is 47.8 Å². The molecule has 0 spiro atoms. The number of rotatable bonds is 6. The van der Waals surface area contributed by atoms with Gasteiger partial charge in [0.25, 0.3) is 0 Å². The quantitative estimate of drug-likeness (QED) is 0.765. The van der Waals surface area contributed by atoms with E-state index in [9.17, 15) is 4.79 Å². The van der Waals surface area contributed by atoms with Crippen LogP contribution in [0.4, 0.5) is 0 Å². The summed E-state index contributed by atoms with van der Waals surface area (Å²) in [5, 5.41) is 10.5. The van der Waals surface area contributed by atoms with Crippen molar-refractivity contribution in [1.29, 1.82) is 0 Å². The normalized spacial score (nSPS) is 19.9. The molecule has 2 atom stereocenters. The van der Waals surface area contributed by atoms with E-state index in [2.05, 4.69) is 48.6 Å². The largest absolute Gasteiger partial charge is 0.492 e. The monoisotopic (exact) mass is 370 g/mol. The molecule has 3 rings (SSSR count). The fraction of sp³-hybridized carbons (Fsp3) is 0.524. The second-order valence-electron chi connectivity index (χ2n) is 8.23. The molecule has 0 bridgehead atoms. The van der Waals surface area contributed by atoms with Gasteiger partial charge in [0, 0.05) is 32.3 Å². The molecule has 6 nitrogen and oxygen atoms in total. The molecule has 2 heterocycles. The number of carbonyl (C=O) groups excluding carboxylic acids is 1. The zero-order chi connectivity index (χ0) is 19.4. The Balaban J connectivity index is 1.45. The van der Waals surface area contributed by atoms with Crippen LogP contribution in [-0.4, -0.2) is 41.9 Å². The number of benzene rings is 1. The Morgan fingerprint density at radius 2 is 2.04 bits per heavy atom. The summed E-state index contributed by atoms with van der Waals surface area (Å²) in [6, 6.07) is 8.16. The van der Waals surface area contributed by atoms with E-state index in [4.69, 9.17) is 4.74 Å². The van der Waals surface area contributed by atoms with Gasteiger partial charge in [-0.2, -0.15) is 5.10 Å². The SMILES string of the molecule is Cn1cc([C@H]2CNC[C@@H]2C(=O)NCCOc2ccc(C(C)(C)C)cc2)cn1. The van der Waals surface area contributed by atoms with Crippen molar-refractivity contribution in [1.82, 2.24) is 20.4 Å². The number of ether oxygens (including phenoxy) is 1. The van der Waals surface area contributed by atoms with Gasteiger partial charge in [-0.3, -0.25) is 9.48 Å². The smallest absolute Gasteiger partial charge is 0.225 e. The molecule has 0 aliphatic carbocycles. The molecule has 146 valence electrons. The average molecular weight is 370 g/mol. The second-order valence-corrected chi connectivity index (χ2v) is 8.23. The van der Waals surface area contributed by atoms with Crippen LogP contribution in [0.3, 0.4) is 0 Å². The van der Waals surface area contributed by atoms with E-state index in [0.29, 0.717) is 19.7 Å². The molecule has 1 amide bonds. The summed E-state index contributed by atoms with van der Waals surface area (Å²) in [7, 11) is 1.90. The number of hydrogen-bond acceptors (Lipinski definition) is 4. The Morgan fingerprint density at radius 1 is 1.30 bits per heavy atom. The molecule has 0 saturated carbocycles. The van der Waals surface area contributed by atoms with E-state index in [1.54, 1.807) is 4.68 Å². The molecule has 0 unspecified atom stereocenters. The molecule has 1 aliphatic heterocycles. The second kappa shape index (κ2) is 8.13. The summed E-state index contributed by atoms with van der Waals surface area (Å²) in [5.74, 6) is 0.999. The third-order valence-corrected chi connectivity index (χ3v) is 5.09. The minimum Gasteiger partial charge on any atom is -0.492 e. The fourth-order valence-electron chi connectivity index (χ4n) is 3.46. The summed E-state index contributed by atoms with van der Waals surface area (Å²) in [6.45, 7) is 9.02. The maximum absolute atomic E-state index is 12.6. The van der Waals surface area contributed by atoms with Gasteiger partial charge in [-0.25, -0.2) is 0 Å². The lowest BCUT2D eigenvalue weighted by atomic mass is 9.87. The van der Waals surface area contributed by atoms with E-state index in [1.165, 1.54) is 5.56 Å². The fourth-order valence-corrected chi connectivity index (χ4v) is 3.46. The van der Waals surface area contributed by atoms with Gasteiger partial charge in [0.2, 0.25) is 5.91 Å². The van der Waals surface area contributed by atoms with Crippen molar-refractivity contribution in [2.75, 3.05) is 26.2 Å². The summed E-state index contributed by atoms with van der Waals surface area (Å²) in [5.41, 5.74) is 2.52. The summed E-state index contributed by atoms with van der Waals surface area (Å²) in [4.78, 5) is 12.6. The Hall–Kier alpha value is -2.34. The van der Waals surface area contributed by atoms with Gasteiger partial charge in [0.15, 0.2) is 0 Å². The van der Waals surface area contributed by atoms with Crippen LogP contribution in [0.2, 0.25) is 0 Å². The lowest BCUT2D eigenvalue weighted by Gasteiger charge is -2.19. The third-order valence-electron chi connectivity index (χ3n) is 5.09. The molecule has 6 heteroatoms. The third kappa shape index (κ3) is 4.89. The van der Waals surface area contributed by atoms with Crippen LogP contribution in [0.15, 0.2) is 36.7 Å². The van der Waals surface area contributed by atoms with E-state index >= 15 is 0 Å². The number of aromatic nitrogens is 2. The predicted octanol–water partition coefficient (Wildman–Crippen LogP) is 2.22. The van der Waals surface area contributed by atoms with Gasteiger partial charge in [-0.1, -0.05) is 32.9 Å². The van der Waals surface area contributed by atoms with Crippen molar-refractivity contribution in [3.8, 4) is 5.75 Å². The maximum atomic E-state index is 12.6. The van der Waals surface area contributed by atoms with E-state index in [-0.39, 0.29) is 23.2 Å². The molecule has 1 aliphatic rings. The maximum Gasteiger partial charge on any atom is 0.225 e. The summed E-state index contributed by atoms with van der Waals surface area (Å²) < 4.78 is 7.54. The van der Waals surface area contributed by atoms with Crippen molar-refractivity contribution >= 4 is 5.91 Å². The lowest BCUT2D eigenvalue weighted by molar-refractivity contribution is -0.124. The van der Waals surface area contributed by atoms with E-state index in [1.807, 2.05) is 31.6 Å². The topological polar surface area (TPSA) is 68.2 Å². The highest BCUT2D eigenvalue weighted by Crippen LogP contribution is 2.28. The van der Waals surface area contributed by atoms with Crippen molar-refractivity contribution < 1.29 is 9.53 Å². The molecule has 1 saturated heterocycles. The van der Waals surface area contributed by atoms with Gasteiger partial charge >= 0.3 is 0 Å². The van der Waals surface area contributed by atoms with Crippen LogP contribution < -0.4 is 15.4 Å². The number of nitrogens with zero attached hydrogens (tertiary/aromatic N) is 2. The molecule has 1 aromatic carbocycles. The first-order chi connectivity index (χ1) is 12.8. The summed E-state index contributed by atoms with van der Waals surface area (Å²) in [6.07, 6.45) is 3.84. The van der Waals surface area contributed by atoms with Crippen LogP contribution >= 0.6 is 0 Å². The first-order valence-electron chi connectivity index (χ1n) is 9.55. The Morgan fingerprint density at radius 3 is 2.67 bits per heavy atom. The van der Waals surface area contributed by atoms with Crippen LogP contribution in [0, 0.1) is 5.92 Å². The number of carbonyl (C=O) groups is 1. The number of amides is 1. The van der Waals surface area contributed by atoms with E-state index in [0.717, 1.165) is 17.9 Å². The Bertz CT molecular complexity index is 761. The van der Waals surface area contributed by atoms with Gasteiger partial charge in [0.1, 0.15) is 12.4 Å². The Kier molecular flexibility index (Phi) is 5.85. The van der Waals surface area contributed by atoms with Crippen molar-refractivity contribution in [2.45, 2.75) is 32.1 Å². The predicted molar refractivity (Wildman–Crippen MR) is 106 cm³/mol. The zero-order valence-electron chi connectivity index (χ0n) is 16.7. The van der Waals surface area contributed by atoms with Gasteiger partial charge in [-0.15, -0.1) is 0 Å². The molecule has 1 fully saturated rings. The number of aryl methyl sites for hydroxylation is 1. The first-order valence-corrected chi connectivity index (χ1v) is 9.55. The van der Waals surface area contributed by atoms with Crippen LogP contribution in [0.1, 0.15) is 37.8 Å². The minimum atomic E-state index is -0.0692. The molecule has 27 heavy (non-hydrogen) atoms. The standard InChI is InChI=1S/C21H30N4O2/c1-21(2,3)16-5-7-17(8-6-16)27-10-9-23-20(26)19-13-22-12-18(19)15-11-24-25(4)14-15/h5-8,11,14,18-19,22H,9-10,12-13H2,1-4H3,(H,23,26)/t18-,19+/m1/s1. The number of nitrogens with one attached hydrogen (secondary N) is 2. The van der Waals surface area contributed by atoms with Gasteiger partial charge in [0.05, 0.1) is 18.7 Å². The molecule has 2 aromatic rings. The van der Waals surface area contributed by atoms with Crippen molar-refractivity contribution in [2.24, 2.45) is 13.0 Å². The van der Waals surface area contributed by atoms with Crippen LogP contribution in [0.5, 0.6) is 5.75 Å². The van der Waals surface area contributed by atoms with Gasteiger partial charge in [-0.05, 0) is 28.7 Å². The molecular weight excluding hydrogens is 340 g/mol. The lowest BCUT2D eigenvalue weighted by Crippen LogP contribution is -2.36. The highest BCUT2D eigenvalue weighted by Gasteiger charge is 2.34. The minimum absolute atomic E-state index is 0.0692. The molecular formula is C21H30N4O2. The highest BCUT2D eigenvalue weighted by molar-refractivity contribution is 5.80. The highest BCUT2D eigenvalue weighted by atomic mass is 16.5. The van der Waals surface area contributed by atoms with Crippen LogP contribution in [0.25, 0.3) is 0 Å². The van der Waals surface area contributed by atoms with Crippen LogP contribution in [-0.2, 0) is 17.3 Å². The molecule has 0 radical (unpaired) electrons. The van der Waals surface area contributed by atoms with Gasteiger partial charge < -0.3 is 15.4 Å². The first kappa shape index (κ1) is 19.4. The van der Waals surface area contributed by atoms with E-state index < -0.39 is 0 Å². The molecule has 1 aromatic heterocycles. The summed E-state index contributed by atoms with van der Waals surface area (Å²) >= 11 is 0. The molecule has 2 N–H and O–H groups in total. The zero-order valence-corrected chi connectivity index (χ0v) is 16.7.